The Morgan fingerprint density at radius 2 is 1.95 bits per heavy atom. The Bertz CT molecular complexity index is 612. The quantitative estimate of drug-likeness (QED) is 0.930. The van der Waals surface area contributed by atoms with Crippen molar-refractivity contribution < 1.29 is 0 Å². The maximum atomic E-state index is 6.11. The van der Waals surface area contributed by atoms with E-state index in [4.69, 9.17) is 11.6 Å². The molecule has 110 valence electrons. The van der Waals surface area contributed by atoms with Crippen LogP contribution in [0.15, 0.2) is 48.5 Å². The van der Waals surface area contributed by atoms with E-state index in [-0.39, 0.29) is 0 Å². The SMILES string of the molecule is CNCC1Cc2ccccc2CN1Cc1cccc(Cl)c1. The molecule has 0 aromatic heterocycles. The number of rotatable bonds is 4. The zero-order valence-corrected chi connectivity index (χ0v) is 13.1. The number of halogens is 1. The van der Waals surface area contributed by atoms with Crippen LogP contribution in [0.3, 0.4) is 0 Å². The highest BCUT2D eigenvalue weighted by Gasteiger charge is 2.25. The molecule has 0 radical (unpaired) electrons. The number of benzene rings is 2. The van der Waals surface area contributed by atoms with Crippen LogP contribution in [0.2, 0.25) is 5.02 Å². The molecule has 1 atom stereocenters. The van der Waals surface area contributed by atoms with Gasteiger partial charge in [-0.25, -0.2) is 0 Å². The Labute approximate surface area is 131 Å². The normalized spacial score (nSPS) is 18.5. The molecule has 0 saturated heterocycles. The van der Waals surface area contributed by atoms with Crippen molar-refractivity contribution in [3.63, 3.8) is 0 Å². The highest BCUT2D eigenvalue weighted by atomic mass is 35.5. The molecule has 21 heavy (non-hydrogen) atoms. The summed E-state index contributed by atoms with van der Waals surface area (Å²) in [6.45, 7) is 2.96. The molecule has 0 saturated carbocycles. The zero-order chi connectivity index (χ0) is 14.7. The highest BCUT2D eigenvalue weighted by Crippen LogP contribution is 2.25. The Kier molecular flexibility index (Phi) is 4.59. The summed E-state index contributed by atoms with van der Waals surface area (Å²) in [6.07, 6.45) is 1.11. The Morgan fingerprint density at radius 1 is 1.14 bits per heavy atom. The molecule has 0 fully saturated rings. The van der Waals surface area contributed by atoms with Crippen molar-refractivity contribution in [3.05, 3.63) is 70.2 Å². The van der Waals surface area contributed by atoms with Crippen LogP contribution in [0.4, 0.5) is 0 Å². The summed E-state index contributed by atoms with van der Waals surface area (Å²) in [7, 11) is 2.03. The molecule has 1 heterocycles. The lowest BCUT2D eigenvalue weighted by molar-refractivity contribution is 0.161. The van der Waals surface area contributed by atoms with Crippen LogP contribution in [0, 0.1) is 0 Å². The number of hydrogen-bond donors (Lipinski definition) is 1. The Hall–Kier alpha value is -1.35. The molecule has 0 aliphatic carbocycles. The molecule has 0 bridgehead atoms. The number of hydrogen-bond acceptors (Lipinski definition) is 2. The van der Waals surface area contributed by atoms with Crippen molar-refractivity contribution in [3.8, 4) is 0 Å². The Balaban J connectivity index is 1.82. The fraction of sp³-hybridized carbons (Fsp3) is 0.333. The van der Waals surface area contributed by atoms with E-state index in [0.717, 1.165) is 31.1 Å². The van der Waals surface area contributed by atoms with Gasteiger partial charge in [-0.15, -0.1) is 0 Å². The van der Waals surface area contributed by atoms with Gasteiger partial charge >= 0.3 is 0 Å². The van der Waals surface area contributed by atoms with Crippen molar-refractivity contribution in [1.82, 2.24) is 10.2 Å². The average molecular weight is 301 g/mol. The third-order valence-corrected chi connectivity index (χ3v) is 4.41. The summed E-state index contributed by atoms with van der Waals surface area (Å²) in [4.78, 5) is 2.55. The first kappa shape index (κ1) is 14.6. The van der Waals surface area contributed by atoms with Crippen LogP contribution in [-0.2, 0) is 19.5 Å². The largest absolute Gasteiger partial charge is 0.318 e. The smallest absolute Gasteiger partial charge is 0.0409 e. The maximum Gasteiger partial charge on any atom is 0.0409 e. The summed E-state index contributed by atoms with van der Waals surface area (Å²) >= 11 is 6.11. The third-order valence-electron chi connectivity index (χ3n) is 4.18. The zero-order valence-electron chi connectivity index (χ0n) is 12.3. The number of likely N-dealkylation sites (N-methyl/N-ethyl adjacent to an activating group) is 1. The van der Waals surface area contributed by atoms with E-state index in [0.29, 0.717) is 6.04 Å². The molecule has 1 unspecified atom stereocenters. The molecule has 3 rings (SSSR count). The fourth-order valence-corrected chi connectivity index (χ4v) is 3.35. The van der Waals surface area contributed by atoms with Gasteiger partial charge in [-0.1, -0.05) is 48.0 Å². The van der Waals surface area contributed by atoms with Gasteiger partial charge in [0.1, 0.15) is 0 Å². The lowest BCUT2D eigenvalue weighted by Crippen LogP contribution is -2.45. The van der Waals surface area contributed by atoms with E-state index in [1.54, 1.807) is 0 Å². The molecule has 2 aromatic carbocycles. The molecule has 3 heteroatoms. The van der Waals surface area contributed by atoms with E-state index in [9.17, 15) is 0 Å². The van der Waals surface area contributed by atoms with E-state index in [1.165, 1.54) is 16.7 Å². The maximum absolute atomic E-state index is 6.11. The van der Waals surface area contributed by atoms with Gasteiger partial charge < -0.3 is 5.32 Å². The van der Waals surface area contributed by atoms with Crippen LogP contribution >= 0.6 is 11.6 Å². The summed E-state index contributed by atoms with van der Waals surface area (Å²) in [5.74, 6) is 0. The van der Waals surface area contributed by atoms with Crippen LogP contribution in [0.1, 0.15) is 16.7 Å². The summed E-state index contributed by atoms with van der Waals surface area (Å²) in [5.41, 5.74) is 4.22. The van der Waals surface area contributed by atoms with Crippen LogP contribution in [0.5, 0.6) is 0 Å². The lowest BCUT2D eigenvalue weighted by Gasteiger charge is -2.37. The second-order valence-electron chi connectivity index (χ2n) is 5.72. The third kappa shape index (κ3) is 3.46. The van der Waals surface area contributed by atoms with Gasteiger partial charge in [0.05, 0.1) is 0 Å². The highest BCUT2D eigenvalue weighted by molar-refractivity contribution is 6.30. The van der Waals surface area contributed by atoms with Gasteiger partial charge in [0.25, 0.3) is 0 Å². The van der Waals surface area contributed by atoms with E-state index in [2.05, 4.69) is 46.6 Å². The predicted octanol–water partition coefficient (Wildman–Crippen LogP) is 3.49. The van der Waals surface area contributed by atoms with E-state index in [1.807, 2.05) is 19.2 Å². The van der Waals surface area contributed by atoms with Gasteiger partial charge in [0, 0.05) is 30.7 Å². The van der Waals surface area contributed by atoms with Gasteiger partial charge in [0.15, 0.2) is 0 Å². The molecule has 0 amide bonds. The lowest BCUT2D eigenvalue weighted by atomic mass is 9.93. The van der Waals surface area contributed by atoms with Gasteiger partial charge in [0.2, 0.25) is 0 Å². The molecule has 1 N–H and O–H groups in total. The minimum absolute atomic E-state index is 0.531. The number of nitrogens with one attached hydrogen (secondary N) is 1. The van der Waals surface area contributed by atoms with Gasteiger partial charge in [-0.05, 0) is 42.3 Å². The van der Waals surface area contributed by atoms with Crippen LogP contribution < -0.4 is 5.32 Å². The van der Waals surface area contributed by atoms with Crippen LogP contribution in [0.25, 0.3) is 0 Å². The van der Waals surface area contributed by atoms with Crippen molar-refractivity contribution >= 4 is 11.6 Å². The van der Waals surface area contributed by atoms with Gasteiger partial charge in [-0.3, -0.25) is 4.90 Å². The first-order valence-electron chi connectivity index (χ1n) is 7.46. The summed E-state index contributed by atoms with van der Waals surface area (Å²) < 4.78 is 0. The van der Waals surface area contributed by atoms with Gasteiger partial charge in [-0.2, -0.15) is 0 Å². The van der Waals surface area contributed by atoms with Crippen molar-refractivity contribution in [2.45, 2.75) is 25.6 Å². The van der Waals surface area contributed by atoms with E-state index < -0.39 is 0 Å². The average Bonchev–Trinajstić information content (AvgIpc) is 2.48. The van der Waals surface area contributed by atoms with Crippen molar-refractivity contribution in [1.29, 1.82) is 0 Å². The van der Waals surface area contributed by atoms with Crippen molar-refractivity contribution in [2.75, 3.05) is 13.6 Å². The number of fused-ring (bicyclic) bond motifs is 1. The Morgan fingerprint density at radius 3 is 2.71 bits per heavy atom. The minimum atomic E-state index is 0.531. The predicted molar refractivity (Wildman–Crippen MR) is 88.6 cm³/mol. The first-order chi connectivity index (χ1) is 10.3. The number of nitrogens with zero attached hydrogens (tertiary/aromatic N) is 1. The standard InChI is InChI=1S/C18H21ClN2/c1-20-11-18-10-15-6-2-3-7-16(15)13-21(18)12-14-5-4-8-17(19)9-14/h2-9,18,20H,10-13H2,1H3. The van der Waals surface area contributed by atoms with Crippen molar-refractivity contribution in [2.24, 2.45) is 0 Å². The fourth-order valence-electron chi connectivity index (χ4n) is 3.13. The molecule has 1 aliphatic heterocycles. The molecular weight excluding hydrogens is 280 g/mol. The monoisotopic (exact) mass is 300 g/mol. The molecule has 0 spiro atoms. The molecule has 2 aromatic rings. The second-order valence-corrected chi connectivity index (χ2v) is 6.16. The van der Waals surface area contributed by atoms with Crippen LogP contribution in [-0.4, -0.2) is 24.5 Å². The molecule has 2 nitrogen and oxygen atoms in total. The first-order valence-corrected chi connectivity index (χ1v) is 7.84. The second kappa shape index (κ2) is 6.61. The topological polar surface area (TPSA) is 15.3 Å². The minimum Gasteiger partial charge on any atom is -0.318 e. The molecular formula is C18H21ClN2. The molecule has 1 aliphatic rings. The van der Waals surface area contributed by atoms with E-state index >= 15 is 0 Å². The summed E-state index contributed by atoms with van der Waals surface area (Å²) in [5, 5.41) is 4.14. The summed E-state index contributed by atoms with van der Waals surface area (Å²) in [6, 6.07) is 17.5.